The summed E-state index contributed by atoms with van der Waals surface area (Å²) in [6.07, 6.45) is 3.13. The van der Waals surface area contributed by atoms with E-state index in [2.05, 4.69) is 11.6 Å². The van der Waals surface area contributed by atoms with E-state index in [1.807, 2.05) is 30.3 Å². The number of nitro benzene ring substituents is 1. The Morgan fingerprint density at radius 1 is 1.24 bits per heavy atom. The van der Waals surface area contributed by atoms with Crippen molar-refractivity contribution in [3.8, 4) is 0 Å². The molecule has 3 aromatic rings. The average molecular weight is 461 g/mol. The number of ether oxygens (including phenoxy) is 1. The molecule has 166 valence electrons. The number of carbonyl (C=O) groups is 1. The van der Waals surface area contributed by atoms with E-state index in [0.29, 0.717) is 20.6 Å². The molecular formula is C24H19N3O5S. The number of benzene rings is 2. The molecule has 4 rings (SSSR count). The minimum atomic E-state index is -0.696. The normalized spacial score (nSPS) is 15.5. The van der Waals surface area contributed by atoms with Crippen LogP contribution in [0.2, 0.25) is 0 Å². The van der Waals surface area contributed by atoms with Crippen LogP contribution in [0.1, 0.15) is 24.1 Å². The lowest BCUT2D eigenvalue weighted by Crippen LogP contribution is -2.39. The summed E-state index contributed by atoms with van der Waals surface area (Å²) < 4.78 is 7.19. The molecule has 0 bridgehead atoms. The van der Waals surface area contributed by atoms with Gasteiger partial charge in [0.25, 0.3) is 11.2 Å². The van der Waals surface area contributed by atoms with Gasteiger partial charge in [-0.15, -0.1) is 0 Å². The molecule has 0 N–H and O–H groups in total. The number of aromatic nitrogens is 1. The van der Waals surface area contributed by atoms with E-state index in [1.165, 1.54) is 34.1 Å². The predicted octanol–water partition coefficient (Wildman–Crippen LogP) is 2.87. The third-order valence-corrected chi connectivity index (χ3v) is 6.07. The van der Waals surface area contributed by atoms with Crippen molar-refractivity contribution in [3.05, 3.63) is 119 Å². The van der Waals surface area contributed by atoms with Crippen LogP contribution >= 0.6 is 11.3 Å². The number of nitrogens with zero attached hydrogens (tertiary/aromatic N) is 3. The summed E-state index contributed by atoms with van der Waals surface area (Å²) >= 11 is 1.19. The van der Waals surface area contributed by atoms with Gasteiger partial charge in [-0.3, -0.25) is 19.5 Å². The van der Waals surface area contributed by atoms with Crippen molar-refractivity contribution in [2.45, 2.75) is 13.0 Å². The molecular weight excluding hydrogens is 442 g/mol. The highest BCUT2D eigenvalue weighted by molar-refractivity contribution is 7.07. The Hall–Kier alpha value is -4.11. The van der Waals surface area contributed by atoms with Gasteiger partial charge >= 0.3 is 5.97 Å². The van der Waals surface area contributed by atoms with Gasteiger partial charge in [0.1, 0.15) is 6.61 Å². The zero-order valence-corrected chi connectivity index (χ0v) is 18.5. The molecule has 0 saturated heterocycles. The highest BCUT2D eigenvalue weighted by Gasteiger charge is 2.33. The minimum absolute atomic E-state index is 0.0315. The second-order valence-electron chi connectivity index (χ2n) is 7.23. The van der Waals surface area contributed by atoms with Gasteiger partial charge < -0.3 is 4.74 Å². The van der Waals surface area contributed by atoms with Crippen LogP contribution in [0.3, 0.4) is 0 Å². The van der Waals surface area contributed by atoms with E-state index in [-0.39, 0.29) is 23.4 Å². The van der Waals surface area contributed by atoms with Gasteiger partial charge in [0.15, 0.2) is 4.80 Å². The first kappa shape index (κ1) is 22.1. The van der Waals surface area contributed by atoms with E-state index >= 15 is 0 Å². The summed E-state index contributed by atoms with van der Waals surface area (Å²) in [5.74, 6) is -0.561. The molecule has 1 atom stereocenters. The van der Waals surface area contributed by atoms with E-state index in [0.717, 1.165) is 5.56 Å². The maximum absolute atomic E-state index is 13.4. The molecule has 0 aliphatic carbocycles. The van der Waals surface area contributed by atoms with Crippen molar-refractivity contribution >= 4 is 29.1 Å². The second kappa shape index (κ2) is 9.17. The predicted molar refractivity (Wildman–Crippen MR) is 124 cm³/mol. The van der Waals surface area contributed by atoms with Crippen molar-refractivity contribution in [3.63, 3.8) is 0 Å². The number of rotatable bonds is 6. The van der Waals surface area contributed by atoms with Crippen molar-refractivity contribution in [2.75, 3.05) is 6.61 Å². The Labute approximate surface area is 192 Å². The highest BCUT2D eigenvalue weighted by atomic mass is 32.1. The summed E-state index contributed by atoms with van der Waals surface area (Å²) in [5, 5.41) is 10.9. The molecule has 2 aromatic carbocycles. The lowest BCUT2D eigenvalue weighted by molar-refractivity contribution is -0.384. The summed E-state index contributed by atoms with van der Waals surface area (Å²) in [4.78, 5) is 41.7. The van der Waals surface area contributed by atoms with E-state index in [1.54, 1.807) is 25.1 Å². The Bertz CT molecular complexity index is 1450. The first-order valence-electron chi connectivity index (χ1n) is 10.0. The number of non-ortho nitro benzene ring substituents is 1. The zero-order valence-electron chi connectivity index (χ0n) is 17.6. The molecule has 0 saturated carbocycles. The van der Waals surface area contributed by atoms with Gasteiger partial charge in [0.05, 0.1) is 26.8 Å². The number of hydrogen-bond donors (Lipinski definition) is 0. The average Bonchev–Trinajstić information content (AvgIpc) is 3.11. The molecule has 33 heavy (non-hydrogen) atoms. The second-order valence-corrected chi connectivity index (χ2v) is 8.24. The summed E-state index contributed by atoms with van der Waals surface area (Å²) in [6, 6.07) is 14.4. The summed E-state index contributed by atoms with van der Waals surface area (Å²) in [6.45, 7) is 5.33. The molecule has 8 nitrogen and oxygen atoms in total. The van der Waals surface area contributed by atoms with E-state index in [4.69, 9.17) is 4.74 Å². The van der Waals surface area contributed by atoms with Crippen molar-refractivity contribution in [1.82, 2.24) is 4.57 Å². The fraction of sp³-hybridized carbons (Fsp3) is 0.125. The fourth-order valence-electron chi connectivity index (χ4n) is 3.59. The number of allylic oxidation sites excluding steroid dienone is 1. The maximum Gasteiger partial charge on any atom is 0.338 e. The van der Waals surface area contributed by atoms with E-state index in [9.17, 15) is 19.7 Å². The summed E-state index contributed by atoms with van der Waals surface area (Å²) in [5.41, 5.74) is 1.81. The Balaban J connectivity index is 1.88. The quantitative estimate of drug-likeness (QED) is 0.243. The van der Waals surface area contributed by atoms with Crippen LogP contribution < -0.4 is 14.9 Å². The highest BCUT2D eigenvalue weighted by Crippen LogP contribution is 2.30. The Morgan fingerprint density at radius 2 is 1.94 bits per heavy atom. The largest absolute Gasteiger partial charge is 0.458 e. The zero-order chi connectivity index (χ0) is 23.5. The number of nitro groups is 1. The lowest BCUT2D eigenvalue weighted by atomic mass is 9.96. The monoisotopic (exact) mass is 461 g/mol. The molecule has 1 aromatic heterocycles. The molecule has 0 amide bonds. The van der Waals surface area contributed by atoms with Gasteiger partial charge in [-0.2, -0.15) is 0 Å². The first-order chi connectivity index (χ1) is 15.9. The molecule has 1 aliphatic rings. The third-order valence-electron chi connectivity index (χ3n) is 5.09. The standard InChI is InChI=1S/C24H19N3O5S/c1-3-13-32-23(29)20-15(2)25-24-26(21(20)17-7-5-4-6-8-17)22(28)19(33-24)14-16-9-11-18(12-10-16)27(30)31/h3-12,14,21H,1,13H2,2H3/b19-14+. The molecule has 9 heteroatoms. The van der Waals surface area contributed by atoms with Crippen LogP contribution in [0, 0.1) is 10.1 Å². The number of fused-ring (bicyclic) bond motifs is 1. The van der Waals surface area contributed by atoms with Gasteiger partial charge in [-0.05, 0) is 36.3 Å². The Morgan fingerprint density at radius 3 is 2.58 bits per heavy atom. The first-order valence-corrected chi connectivity index (χ1v) is 10.8. The molecule has 2 heterocycles. The number of hydrogen-bond acceptors (Lipinski definition) is 7. The van der Waals surface area contributed by atoms with Crippen molar-refractivity contribution < 1.29 is 14.5 Å². The Kier molecular flexibility index (Phi) is 6.14. The van der Waals surface area contributed by atoms with Crippen LogP contribution in [0.25, 0.3) is 6.08 Å². The molecule has 1 aliphatic heterocycles. The molecule has 0 fully saturated rings. The van der Waals surface area contributed by atoms with Crippen LogP contribution in [-0.2, 0) is 9.53 Å². The van der Waals surface area contributed by atoms with Crippen molar-refractivity contribution in [1.29, 1.82) is 0 Å². The minimum Gasteiger partial charge on any atom is -0.458 e. The fourth-order valence-corrected chi connectivity index (χ4v) is 4.64. The third kappa shape index (κ3) is 4.31. The molecule has 1 unspecified atom stereocenters. The summed E-state index contributed by atoms with van der Waals surface area (Å²) in [7, 11) is 0. The maximum atomic E-state index is 13.4. The molecule has 0 spiro atoms. The number of carbonyl (C=O) groups excluding carboxylic acids is 1. The van der Waals surface area contributed by atoms with Gasteiger partial charge in [-0.25, -0.2) is 9.79 Å². The molecule has 0 radical (unpaired) electrons. The van der Waals surface area contributed by atoms with Crippen LogP contribution in [0.5, 0.6) is 0 Å². The van der Waals surface area contributed by atoms with Crippen molar-refractivity contribution in [2.24, 2.45) is 4.99 Å². The number of esters is 1. The van der Waals surface area contributed by atoms with Crippen LogP contribution in [0.15, 0.2) is 88.3 Å². The lowest BCUT2D eigenvalue weighted by Gasteiger charge is -2.24. The van der Waals surface area contributed by atoms with Gasteiger partial charge in [0, 0.05) is 12.1 Å². The van der Waals surface area contributed by atoms with Gasteiger partial charge in [-0.1, -0.05) is 54.3 Å². The van der Waals surface area contributed by atoms with Crippen LogP contribution in [-0.4, -0.2) is 22.1 Å². The number of thiazole rings is 1. The SMILES string of the molecule is C=CCOC(=O)C1=C(C)N=c2s/c(=C/c3ccc([N+](=O)[O-])cc3)c(=O)n2C1c1ccccc1. The topological polar surface area (TPSA) is 104 Å². The van der Waals surface area contributed by atoms with E-state index < -0.39 is 16.9 Å². The van der Waals surface area contributed by atoms with Crippen LogP contribution in [0.4, 0.5) is 5.69 Å². The smallest absolute Gasteiger partial charge is 0.338 e. The van der Waals surface area contributed by atoms with Gasteiger partial charge in [0.2, 0.25) is 0 Å².